The van der Waals surface area contributed by atoms with Gasteiger partial charge in [0.05, 0.1) is 39.3 Å². The molecular weight excluding hydrogens is 1210 g/mol. The lowest BCUT2D eigenvalue weighted by Gasteiger charge is -2.37. The highest BCUT2D eigenvalue weighted by Crippen LogP contribution is 2.38. The first kappa shape index (κ1) is 62.3. The number of nitro benzene ring substituents is 1. The van der Waals surface area contributed by atoms with Crippen LogP contribution in [0.4, 0.5) is 22.7 Å². The molecule has 1 atom stereocenters. The number of anilines is 3. The van der Waals surface area contributed by atoms with Crippen LogP contribution in [-0.2, 0) is 30.9 Å². The maximum absolute atomic E-state index is 14.2. The second kappa shape index (κ2) is 27.7. The summed E-state index contributed by atoms with van der Waals surface area (Å²) in [7, 11) is -4.62. The number of aromatic nitrogens is 2. The normalized spacial score (nSPS) is 17.9. The molecule has 5 amide bonds. The van der Waals surface area contributed by atoms with E-state index in [2.05, 4.69) is 51.4 Å². The number of nitrogens with zero attached hydrogens (tertiary/aromatic N) is 6. The van der Waals surface area contributed by atoms with Gasteiger partial charge < -0.3 is 39.6 Å². The fourth-order valence-corrected chi connectivity index (χ4v) is 13.7. The Hall–Kier alpha value is -8.94. The van der Waals surface area contributed by atoms with E-state index in [1.165, 1.54) is 24.4 Å². The predicted octanol–water partition coefficient (Wildman–Crippen LogP) is 9.25. The Bertz CT molecular complexity index is 4010. The van der Waals surface area contributed by atoms with Gasteiger partial charge in [0.25, 0.3) is 33.4 Å². The summed E-state index contributed by atoms with van der Waals surface area (Å²) in [6.07, 6.45) is 8.74. The Morgan fingerprint density at radius 2 is 1.56 bits per heavy atom. The molecule has 5 N–H and O–H groups in total. The maximum Gasteiger partial charge on any atom is 0.293 e. The molecule has 0 bridgehead atoms. The SMILES string of the molecule is O=C1CCC(N2C(=O)c3cccc(NCCCCN4CCC(COc5cccc(-c6ccc(Cl)cc6)c5CN5CCN(c6ccc(C(=O)NS(=O)(=O)c7ccc(NCC8CCOCC8)c([N+](=O)[O-])c7)c(Oc7cnc8[nH]ccc8c7)c6)CC5)CC4)c3C2=O)C(=O)N1. The zero-order chi connectivity index (χ0) is 63.2. The van der Waals surface area contributed by atoms with Gasteiger partial charge in [-0.3, -0.25) is 49.2 Å². The number of imide groups is 2. The van der Waals surface area contributed by atoms with Crippen molar-refractivity contribution in [2.45, 2.75) is 68.8 Å². The van der Waals surface area contributed by atoms with Gasteiger partial charge in [-0.1, -0.05) is 41.9 Å². The molecule has 0 saturated carbocycles. The Morgan fingerprint density at radius 3 is 2.34 bits per heavy atom. The molecule has 5 aliphatic heterocycles. The molecule has 25 heteroatoms. The first-order chi connectivity index (χ1) is 44.1. The Morgan fingerprint density at radius 1 is 0.780 bits per heavy atom. The molecule has 474 valence electrons. The van der Waals surface area contributed by atoms with E-state index in [-0.39, 0.29) is 46.9 Å². The molecule has 5 aliphatic rings. The standard InChI is InChI=1S/C66H70ClN11O12S/c67-46-11-9-44(10-12-46)50-5-4-8-58(89-41-43-20-27-74(28-21-43)26-2-1-24-68-55-7-3-6-52-61(55)66(83)77(65(52)82)56-17-18-60(79)72-64(56)81)53(50)40-75-29-31-76(32-30-75)47-13-15-51(59(36-47)90-48-35-45-19-25-69-62(45)71-39-48)63(80)73-91(86,87)49-14-16-54(57(37-49)78(84)85)70-38-42-22-33-88-34-23-42/h3-16,19,25,35-37,39,42-43,56,68,70H,1-2,17-18,20-24,26-34,38,40-41H2,(H,69,71)(H,73,80)(H,72,79,81). The van der Waals surface area contributed by atoms with Crippen LogP contribution in [0.3, 0.4) is 0 Å². The van der Waals surface area contributed by atoms with Crippen molar-refractivity contribution in [3.8, 4) is 28.4 Å². The number of nitro groups is 1. The van der Waals surface area contributed by atoms with Gasteiger partial charge in [-0.15, -0.1) is 0 Å². The van der Waals surface area contributed by atoms with E-state index in [4.69, 9.17) is 25.8 Å². The Balaban J connectivity index is 0.667. The molecule has 12 rings (SSSR count). The quantitative estimate of drug-likeness (QED) is 0.0173. The zero-order valence-corrected chi connectivity index (χ0v) is 51.6. The molecule has 7 heterocycles. The lowest BCUT2D eigenvalue weighted by Crippen LogP contribution is -2.54. The third-order valence-electron chi connectivity index (χ3n) is 17.7. The first-order valence-electron chi connectivity index (χ1n) is 30.8. The molecule has 91 heavy (non-hydrogen) atoms. The van der Waals surface area contributed by atoms with Crippen molar-refractivity contribution < 1.29 is 51.5 Å². The van der Waals surface area contributed by atoms with Gasteiger partial charge in [-0.25, -0.2) is 18.1 Å². The number of benzene rings is 5. The lowest BCUT2D eigenvalue weighted by atomic mass is 9.96. The van der Waals surface area contributed by atoms with E-state index in [0.717, 1.165) is 103 Å². The summed E-state index contributed by atoms with van der Waals surface area (Å²) in [6.45, 7) is 8.77. The smallest absolute Gasteiger partial charge is 0.293 e. The molecule has 4 saturated heterocycles. The van der Waals surface area contributed by atoms with Gasteiger partial charge in [0.1, 0.15) is 34.6 Å². The molecule has 1 unspecified atom stereocenters. The molecule has 23 nitrogen and oxygen atoms in total. The van der Waals surface area contributed by atoms with E-state index < -0.39 is 61.1 Å². The Labute approximate surface area is 530 Å². The van der Waals surface area contributed by atoms with Gasteiger partial charge in [0.15, 0.2) is 0 Å². The number of ether oxygens (including phenoxy) is 3. The summed E-state index contributed by atoms with van der Waals surface area (Å²) in [6, 6.07) is 30.2. The molecule has 5 aromatic carbocycles. The second-order valence-corrected chi connectivity index (χ2v) is 25.8. The van der Waals surface area contributed by atoms with Crippen molar-refractivity contribution in [1.29, 1.82) is 0 Å². The number of likely N-dealkylation sites (tertiary alicyclic amines) is 1. The summed E-state index contributed by atoms with van der Waals surface area (Å²) in [5.41, 5.74) is 5.20. The molecular formula is C66H70ClN11O12S. The molecule has 4 fully saturated rings. The van der Waals surface area contributed by atoms with Crippen molar-refractivity contribution in [1.82, 2.24) is 34.7 Å². The number of rotatable bonds is 23. The number of hydrogen-bond donors (Lipinski definition) is 5. The molecule has 0 radical (unpaired) electrons. The van der Waals surface area contributed by atoms with Crippen LogP contribution in [0, 0.1) is 22.0 Å². The van der Waals surface area contributed by atoms with Crippen molar-refractivity contribution in [2.75, 3.05) is 94.3 Å². The zero-order valence-electron chi connectivity index (χ0n) is 50.0. The molecule has 7 aromatic rings. The summed E-state index contributed by atoms with van der Waals surface area (Å²) in [5, 5.41) is 22.3. The van der Waals surface area contributed by atoms with Crippen LogP contribution in [0.5, 0.6) is 17.2 Å². The van der Waals surface area contributed by atoms with Gasteiger partial charge in [-0.05, 0) is 154 Å². The number of sulfonamides is 1. The maximum atomic E-state index is 14.2. The number of nitrogens with one attached hydrogen (secondary N) is 5. The van der Waals surface area contributed by atoms with Crippen LogP contribution >= 0.6 is 11.6 Å². The number of carbonyl (C=O) groups excluding carboxylic acids is 5. The number of piperazine rings is 1. The number of H-pyrrole nitrogens is 1. The Kier molecular flexibility index (Phi) is 18.9. The number of piperidine rings is 2. The number of hydrogen-bond acceptors (Lipinski definition) is 18. The highest BCUT2D eigenvalue weighted by molar-refractivity contribution is 7.90. The minimum Gasteiger partial charge on any atom is -0.493 e. The lowest BCUT2D eigenvalue weighted by molar-refractivity contribution is -0.384. The van der Waals surface area contributed by atoms with Gasteiger partial charge in [-0.2, -0.15) is 0 Å². The van der Waals surface area contributed by atoms with E-state index in [1.807, 2.05) is 42.5 Å². The molecule has 2 aromatic heterocycles. The average Bonchev–Trinajstić information content (AvgIpc) is 1.65. The highest BCUT2D eigenvalue weighted by Gasteiger charge is 2.46. The van der Waals surface area contributed by atoms with Gasteiger partial charge in [0, 0.05) is 111 Å². The first-order valence-corrected chi connectivity index (χ1v) is 32.7. The molecule has 0 spiro atoms. The topological polar surface area (TPSA) is 280 Å². The summed E-state index contributed by atoms with van der Waals surface area (Å²) < 4.78 is 48.5. The van der Waals surface area contributed by atoms with Crippen LogP contribution in [0.15, 0.2) is 126 Å². The minimum absolute atomic E-state index is 0.0587. The number of carbonyl (C=O) groups is 5. The van der Waals surface area contributed by atoms with E-state index in [1.54, 1.807) is 42.6 Å². The summed E-state index contributed by atoms with van der Waals surface area (Å²) >= 11 is 6.38. The monoisotopic (exact) mass is 1280 g/mol. The number of unbranched alkanes of at least 4 members (excludes halogenated alkanes) is 1. The fourth-order valence-electron chi connectivity index (χ4n) is 12.6. The highest BCUT2D eigenvalue weighted by atomic mass is 35.5. The summed E-state index contributed by atoms with van der Waals surface area (Å²) in [4.78, 5) is 92.0. The van der Waals surface area contributed by atoms with E-state index >= 15 is 0 Å². The van der Waals surface area contributed by atoms with Crippen LogP contribution in [0.25, 0.3) is 22.2 Å². The van der Waals surface area contributed by atoms with E-state index in [9.17, 15) is 42.5 Å². The van der Waals surface area contributed by atoms with Crippen LogP contribution < -0.4 is 35.0 Å². The average molecular weight is 1280 g/mol. The third kappa shape index (κ3) is 14.3. The fraction of sp³-hybridized carbons (Fsp3) is 0.364. The molecule has 0 aliphatic carbocycles. The number of amides is 5. The van der Waals surface area contributed by atoms with Crippen LogP contribution in [0.1, 0.15) is 88.0 Å². The van der Waals surface area contributed by atoms with Gasteiger partial charge >= 0.3 is 0 Å². The summed E-state index contributed by atoms with van der Waals surface area (Å²) in [5.74, 6) is -1.30. The van der Waals surface area contributed by atoms with Crippen LogP contribution in [0.2, 0.25) is 5.02 Å². The number of aromatic amines is 1. The van der Waals surface area contributed by atoms with Crippen molar-refractivity contribution in [2.24, 2.45) is 11.8 Å². The van der Waals surface area contributed by atoms with E-state index in [0.29, 0.717) is 93.7 Å². The van der Waals surface area contributed by atoms with Gasteiger partial charge in [0.2, 0.25) is 11.8 Å². The number of pyridine rings is 1. The van der Waals surface area contributed by atoms with Crippen molar-refractivity contribution >= 4 is 84.9 Å². The van der Waals surface area contributed by atoms with Crippen molar-refractivity contribution in [3.63, 3.8) is 0 Å². The van der Waals surface area contributed by atoms with Crippen LogP contribution in [-0.4, -0.2) is 152 Å². The number of halogens is 1. The van der Waals surface area contributed by atoms with Crippen molar-refractivity contribution in [3.05, 3.63) is 159 Å². The number of fused-ring (bicyclic) bond motifs is 2. The third-order valence-corrected chi connectivity index (χ3v) is 19.3. The second-order valence-electron chi connectivity index (χ2n) is 23.6. The minimum atomic E-state index is -4.62. The largest absolute Gasteiger partial charge is 0.493 e. The predicted molar refractivity (Wildman–Crippen MR) is 342 cm³/mol.